The van der Waals surface area contributed by atoms with Gasteiger partial charge in [0.15, 0.2) is 0 Å². The number of rotatable bonds is 4. The van der Waals surface area contributed by atoms with Crippen molar-refractivity contribution in [3.63, 3.8) is 0 Å². The number of esters is 1. The van der Waals surface area contributed by atoms with E-state index < -0.39 is 0 Å². The van der Waals surface area contributed by atoms with Crippen molar-refractivity contribution in [2.24, 2.45) is 17.8 Å². The highest BCUT2D eigenvalue weighted by atomic mass is 16.6. The van der Waals surface area contributed by atoms with Gasteiger partial charge in [-0.15, -0.1) is 0 Å². The Morgan fingerprint density at radius 3 is 2.81 bits per heavy atom. The van der Waals surface area contributed by atoms with Gasteiger partial charge in [0.05, 0.1) is 24.7 Å². The van der Waals surface area contributed by atoms with Crippen molar-refractivity contribution in [3.05, 3.63) is 0 Å². The molecular formula is C13H22O3. The third-order valence-corrected chi connectivity index (χ3v) is 3.97. The van der Waals surface area contributed by atoms with Crippen LogP contribution in [0.4, 0.5) is 0 Å². The van der Waals surface area contributed by atoms with Gasteiger partial charge in [0.2, 0.25) is 0 Å². The van der Waals surface area contributed by atoms with Gasteiger partial charge in [0.1, 0.15) is 0 Å². The predicted octanol–water partition coefficient (Wildman–Crippen LogP) is 2.39. The summed E-state index contributed by atoms with van der Waals surface area (Å²) in [4.78, 5) is 11.9. The number of hydrogen-bond acceptors (Lipinski definition) is 3. The van der Waals surface area contributed by atoms with Crippen LogP contribution in [0.3, 0.4) is 0 Å². The summed E-state index contributed by atoms with van der Waals surface area (Å²) in [5, 5.41) is 0. The first kappa shape index (κ1) is 11.9. The van der Waals surface area contributed by atoms with Crippen molar-refractivity contribution in [1.29, 1.82) is 0 Å². The summed E-state index contributed by atoms with van der Waals surface area (Å²) in [7, 11) is 0. The number of ether oxygens (including phenoxy) is 2. The minimum atomic E-state index is -0.0123. The molecule has 0 N–H and O–H groups in total. The van der Waals surface area contributed by atoms with Crippen molar-refractivity contribution >= 4 is 5.97 Å². The fraction of sp³-hybridized carbons (Fsp3) is 0.923. The number of carbonyl (C=O) groups excluding carboxylic acids is 1. The maximum absolute atomic E-state index is 11.9. The molecule has 2 fully saturated rings. The van der Waals surface area contributed by atoms with Gasteiger partial charge in [-0.2, -0.15) is 0 Å². The zero-order chi connectivity index (χ0) is 11.7. The van der Waals surface area contributed by atoms with Crippen LogP contribution >= 0.6 is 0 Å². The summed E-state index contributed by atoms with van der Waals surface area (Å²) in [5.41, 5.74) is 0. The summed E-state index contributed by atoms with van der Waals surface area (Å²) in [5.74, 6) is 0.926. The lowest BCUT2D eigenvalue weighted by atomic mass is 9.80. The molecule has 5 atom stereocenters. The standard InChI is InChI=1S/C13H22O3/c1-4-8(2)7-15-13(14)10-6-12-11(16-12)5-9(10)3/h8-12H,4-7H2,1-3H3. The molecule has 92 valence electrons. The number of hydrogen-bond donors (Lipinski definition) is 0. The maximum atomic E-state index is 11.9. The molecule has 0 amide bonds. The molecule has 3 nitrogen and oxygen atoms in total. The van der Waals surface area contributed by atoms with Crippen LogP contribution in [-0.2, 0) is 14.3 Å². The fourth-order valence-electron chi connectivity index (χ4n) is 2.38. The summed E-state index contributed by atoms with van der Waals surface area (Å²) in [6, 6.07) is 0. The Morgan fingerprint density at radius 2 is 2.12 bits per heavy atom. The molecule has 1 aliphatic heterocycles. The topological polar surface area (TPSA) is 38.8 Å². The van der Waals surface area contributed by atoms with Gasteiger partial charge in [0.25, 0.3) is 0 Å². The molecule has 1 saturated carbocycles. The molecule has 1 aliphatic carbocycles. The van der Waals surface area contributed by atoms with E-state index in [1.165, 1.54) is 0 Å². The quantitative estimate of drug-likeness (QED) is 0.545. The molecule has 1 heterocycles. The zero-order valence-corrected chi connectivity index (χ0v) is 10.4. The summed E-state index contributed by atoms with van der Waals surface area (Å²) in [6.07, 6.45) is 3.73. The maximum Gasteiger partial charge on any atom is 0.309 e. The predicted molar refractivity (Wildman–Crippen MR) is 61.0 cm³/mol. The molecule has 0 spiro atoms. The second kappa shape index (κ2) is 4.74. The lowest BCUT2D eigenvalue weighted by molar-refractivity contribution is -0.152. The average Bonchev–Trinajstić information content (AvgIpc) is 3.02. The number of epoxide rings is 1. The van der Waals surface area contributed by atoms with Crippen molar-refractivity contribution in [2.75, 3.05) is 6.61 Å². The van der Waals surface area contributed by atoms with Crippen LogP contribution in [0.25, 0.3) is 0 Å². The average molecular weight is 226 g/mol. The summed E-state index contributed by atoms with van der Waals surface area (Å²) in [6.45, 7) is 6.92. The summed E-state index contributed by atoms with van der Waals surface area (Å²) >= 11 is 0. The molecular weight excluding hydrogens is 204 g/mol. The molecule has 0 aromatic rings. The van der Waals surface area contributed by atoms with E-state index >= 15 is 0 Å². The monoisotopic (exact) mass is 226 g/mol. The molecule has 16 heavy (non-hydrogen) atoms. The van der Waals surface area contributed by atoms with Gasteiger partial charge >= 0.3 is 5.97 Å². The molecule has 3 heteroatoms. The van der Waals surface area contributed by atoms with Crippen molar-refractivity contribution < 1.29 is 14.3 Å². The van der Waals surface area contributed by atoms with Crippen molar-refractivity contribution in [3.8, 4) is 0 Å². The largest absolute Gasteiger partial charge is 0.465 e. The molecule has 0 radical (unpaired) electrons. The van der Waals surface area contributed by atoms with Crippen LogP contribution in [0.15, 0.2) is 0 Å². The van der Waals surface area contributed by atoms with Crippen LogP contribution in [0, 0.1) is 17.8 Å². The van der Waals surface area contributed by atoms with Crippen molar-refractivity contribution in [1.82, 2.24) is 0 Å². The minimum Gasteiger partial charge on any atom is -0.465 e. The normalized spacial score (nSPS) is 38.7. The summed E-state index contributed by atoms with van der Waals surface area (Å²) < 4.78 is 10.8. The Morgan fingerprint density at radius 1 is 1.44 bits per heavy atom. The van der Waals surface area contributed by atoms with Crippen molar-refractivity contribution in [2.45, 2.75) is 52.2 Å². The van der Waals surface area contributed by atoms with Crippen LogP contribution in [-0.4, -0.2) is 24.8 Å². The first-order chi connectivity index (χ1) is 7.61. The van der Waals surface area contributed by atoms with Gasteiger partial charge < -0.3 is 9.47 Å². The number of carbonyl (C=O) groups is 1. The lowest BCUT2D eigenvalue weighted by Gasteiger charge is -2.24. The smallest absolute Gasteiger partial charge is 0.309 e. The van der Waals surface area contributed by atoms with E-state index in [0.29, 0.717) is 30.7 Å². The highest BCUT2D eigenvalue weighted by molar-refractivity contribution is 5.73. The fourth-order valence-corrected chi connectivity index (χ4v) is 2.38. The zero-order valence-electron chi connectivity index (χ0n) is 10.4. The van der Waals surface area contributed by atoms with E-state index in [0.717, 1.165) is 19.3 Å². The van der Waals surface area contributed by atoms with Crippen LogP contribution in [0.2, 0.25) is 0 Å². The second-order valence-corrected chi connectivity index (χ2v) is 5.41. The van der Waals surface area contributed by atoms with E-state index in [1.807, 2.05) is 0 Å². The Balaban J connectivity index is 1.79. The van der Waals surface area contributed by atoms with E-state index in [1.54, 1.807) is 0 Å². The lowest BCUT2D eigenvalue weighted by Crippen LogP contribution is -2.31. The molecule has 2 rings (SSSR count). The highest BCUT2D eigenvalue weighted by Gasteiger charge is 2.49. The Bertz CT molecular complexity index is 264. The first-order valence-electron chi connectivity index (χ1n) is 6.43. The number of fused-ring (bicyclic) bond motifs is 1. The van der Waals surface area contributed by atoms with Crippen LogP contribution in [0.5, 0.6) is 0 Å². The molecule has 0 bridgehead atoms. The second-order valence-electron chi connectivity index (χ2n) is 5.41. The van der Waals surface area contributed by atoms with Gasteiger partial charge in [0, 0.05) is 0 Å². The minimum absolute atomic E-state index is 0.0123. The van der Waals surface area contributed by atoms with E-state index in [-0.39, 0.29) is 11.9 Å². The molecule has 2 aliphatic rings. The van der Waals surface area contributed by atoms with Gasteiger partial charge in [-0.1, -0.05) is 27.2 Å². The Hall–Kier alpha value is -0.570. The molecule has 0 aromatic heterocycles. The molecule has 1 saturated heterocycles. The van der Waals surface area contributed by atoms with E-state index in [4.69, 9.17) is 9.47 Å². The third kappa shape index (κ3) is 2.57. The van der Waals surface area contributed by atoms with E-state index in [9.17, 15) is 4.79 Å². The van der Waals surface area contributed by atoms with Gasteiger partial charge in [-0.3, -0.25) is 4.79 Å². The third-order valence-electron chi connectivity index (χ3n) is 3.97. The Labute approximate surface area is 97.5 Å². The van der Waals surface area contributed by atoms with Crippen LogP contribution < -0.4 is 0 Å². The highest BCUT2D eigenvalue weighted by Crippen LogP contribution is 2.43. The van der Waals surface area contributed by atoms with E-state index in [2.05, 4.69) is 20.8 Å². The van der Waals surface area contributed by atoms with Gasteiger partial charge in [-0.25, -0.2) is 0 Å². The molecule has 5 unspecified atom stereocenters. The SMILES string of the molecule is CCC(C)COC(=O)C1CC2OC2CC1C. The Kier molecular flexibility index (Phi) is 3.53. The van der Waals surface area contributed by atoms with Crippen LogP contribution in [0.1, 0.15) is 40.0 Å². The first-order valence-corrected chi connectivity index (χ1v) is 6.43. The van der Waals surface area contributed by atoms with Gasteiger partial charge in [-0.05, 0) is 24.7 Å². The molecule has 0 aromatic carbocycles.